The van der Waals surface area contributed by atoms with Gasteiger partial charge in [0.1, 0.15) is 0 Å². The Hall–Kier alpha value is -1.07. The average molecular weight is 205 g/mol. The van der Waals surface area contributed by atoms with Crippen molar-refractivity contribution >= 4 is 34.9 Å². The molecule has 0 aromatic carbocycles. The van der Waals surface area contributed by atoms with Gasteiger partial charge in [-0.05, 0) is 12.1 Å². The number of imide groups is 1. The summed E-state index contributed by atoms with van der Waals surface area (Å²) in [6, 6.07) is 2.22. The number of rotatable bonds is 1. The lowest BCUT2D eigenvalue weighted by atomic mass is 10.4. The van der Waals surface area contributed by atoms with E-state index in [0.29, 0.717) is 9.21 Å². The molecule has 3 amide bonds. The van der Waals surface area contributed by atoms with Gasteiger partial charge in [0.05, 0.1) is 9.21 Å². The zero-order chi connectivity index (χ0) is 9.14. The number of halogens is 1. The molecule has 4 nitrogen and oxygen atoms in total. The molecule has 0 fully saturated rings. The van der Waals surface area contributed by atoms with Crippen LogP contribution in [0.2, 0.25) is 4.34 Å². The highest BCUT2D eigenvalue weighted by molar-refractivity contribution is 7.18. The fraction of sp³-hybridized carbons (Fsp3) is 0. The number of nitrogens with two attached hydrogens (primary N) is 1. The minimum atomic E-state index is -0.871. The Morgan fingerprint density at radius 1 is 1.50 bits per heavy atom. The average Bonchev–Trinajstić information content (AvgIpc) is 2.34. The molecule has 0 radical (unpaired) electrons. The van der Waals surface area contributed by atoms with Crippen LogP contribution in [0.25, 0.3) is 0 Å². The van der Waals surface area contributed by atoms with Gasteiger partial charge in [0, 0.05) is 0 Å². The summed E-state index contributed by atoms with van der Waals surface area (Å²) < 4.78 is 0.490. The van der Waals surface area contributed by atoms with Gasteiger partial charge in [-0.2, -0.15) is 0 Å². The van der Waals surface area contributed by atoms with Crippen LogP contribution in [0.4, 0.5) is 4.79 Å². The van der Waals surface area contributed by atoms with E-state index in [1.54, 1.807) is 6.07 Å². The first-order valence-corrected chi connectivity index (χ1v) is 4.15. The summed E-state index contributed by atoms with van der Waals surface area (Å²) in [6.07, 6.45) is 0. The molecule has 0 bridgehead atoms. The van der Waals surface area contributed by atoms with E-state index >= 15 is 0 Å². The highest BCUT2D eigenvalue weighted by atomic mass is 35.5. The van der Waals surface area contributed by atoms with Crippen LogP contribution in [0.3, 0.4) is 0 Å². The van der Waals surface area contributed by atoms with E-state index in [0.717, 1.165) is 11.3 Å². The van der Waals surface area contributed by atoms with E-state index in [4.69, 9.17) is 17.3 Å². The van der Waals surface area contributed by atoms with E-state index in [-0.39, 0.29) is 0 Å². The van der Waals surface area contributed by atoms with Crippen LogP contribution in [0.1, 0.15) is 9.67 Å². The number of carbonyl (C=O) groups excluding carboxylic acids is 2. The quantitative estimate of drug-likeness (QED) is 0.722. The van der Waals surface area contributed by atoms with Crippen molar-refractivity contribution in [2.75, 3.05) is 0 Å². The van der Waals surface area contributed by atoms with E-state index < -0.39 is 11.9 Å². The Morgan fingerprint density at radius 2 is 2.17 bits per heavy atom. The molecule has 0 aliphatic carbocycles. The van der Waals surface area contributed by atoms with Gasteiger partial charge in [0.2, 0.25) is 0 Å². The van der Waals surface area contributed by atoms with E-state index in [9.17, 15) is 9.59 Å². The van der Waals surface area contributed by atoms with E-state index in [1.807, 2.05) is 5.32 Å². The van der Waals surface area contributed by atoms with Crippen LogP contribution in [0.15, 0.2) is 12.1 Å². The molecule has 0 spiro atoms. The van der Waals surface area contributed by atoms with Crippen LogP contribution >= 0.6 is 22.9 Å². The van der Waals surface area contributed by atoms with Crippen LogP contribution < -0.4 is 11.1 Å². The molecule has 0 saturated heterocycles. The number of thiophene rings is 1. The van der Waals surface area contributed by atoms with Gasteiger partial charge in [-0.25, -0.2) is 4.79 Å². The fourth-order valence-corrected chi connectivity index (χ4v) is 1.55. The summed E-state index contributed by atoms with van der Waals surface area (Å²) in [4.78, 5) is 21.6. The Balaban J connectivity index is 2.72. The van der Waals surface area contributed by atoms with Crippen molar-refractivity contribution in [1.82, 2.24) is 5.32 Å². The number of urea groups is 1. The van der Waals surface area contributed by atoms with Gasteiger partial charge >= 0.3 is 6.03 Å². The highest BCUT2D eigenvalue weighted by Gasteiger charge is 2.09. The maximum Gasteiger partial charge on any atom is 0.319 e. The topological polar surface area (TPSA) is 72.2 Å². The molecule has 1 aromatic rings. The lowest BCUT2D eigenvalue weighted by molar-refractivity contribution is 0.0970. The summed E-state index contributed by atoms with van der Waals surface area (Å²) in [5.41, 5.74) is 4.74. The molecule has 0 atom stereocenters. The molecule has 1 rings (SSSR count). The third kappa shape index (κ3) is 2.21. The lowest BCUT2D eigenvalue weighted by Gasteiger charge is -1.94. The highest BCUT2D eigenvalue weighted by Crippen LogP contribution is 2.20. The van der Waals surface area contributed by atoms with Crippen molar-refractivity contribution in [2.24, 2.45) is 5.73 Å². The number of amides is 3. The molecule has 1 aromatic heterocycles. The fourth-order valence-electron chi connectivity index (χ4n) is 0.610. The van der Waals surface area contributed by atoms with E-state index in [2.05, 4.69) is 0 Å². The molecule has 3 N–H and O–H groups in total. The molecule has 0 aliphatic rings. The monoisotopic (exact) mass is 204 g/mol. The lowest BCUT2D eigenvalue weighted by Crippen LogP contribution is -2.34. The van der Waals surface area contributed by atoms with Crippen molar-refractivity contribution < 1.29 is 9.59 Å². The summed E-state index contributed by atoms with van der Waals surface area (Å²) in [7, 11) is 0. The second-order valence-corrected chi connectivity index (χ2v) is 3.64. The maximum atomic E-state index is 11.0. The van der Waals surface area contributed by atoms with Crippen LogP contribution in [-0.4, -0.2) is 11.9 Å². The third-order valence-electron chi connectivity index (χ3n) is 1.03. The number of hydrogen-bond donors (Lipinski definition) is 2. The summed E-state index contributed by atoms with van der Waals surface area (Å²) in [5, 5.41) is 1.92. The zero-order valence-electron chi connectivity index (χ0n) is 5.83. The van der Waals surface area contributed by atoms with Gasteiger partial charge in [-0.15, -0.1) is 11.3 Å². The zero-order valence-corrected chi connectivity index (χ0v) is 7.41. The van der Waals surface area contributed by atoms with Gasteiger partial charge in [-0.3, -0.25) is 10.1 Å². The van der Waals surface area contributed by atoms with Crippen molar-refractivity contribution in [2.45, 2.75) is 0 Å². The predicted octanol–water partition coefficient (Wildman–Crippen LogP) is 1.21. The first-order chi connectivity index (χ1) is 5.59. The SMILES string of the molecule is NC(=O)NC(=O)c1ccc(Cl)s1. The minimum absolute atomic E-state index is 0.360. The van der Waals surface area contributed by atoms with Crippen LogP contribution in [-0.2, 0) is 0 Å². The largest absolute Gasteiger partial charge is 0.351 e. The van der Waals surface area contributed by atoms with Crippen molar-refractivity contribution in [1.29, 1.82) is 0 Å². The first-order valence-electron chi connectivity index (χ1n) is 2.95. The maximum absolute atomic E-state index is 11.0. The molecule has 0 unspecified atom stereocenters. The van der Waals surface area contributed by atoms with Crippen molar-refractivity contribution in [3.8, 4) is 0 Å². The molecule has 0 aliphatic heterocycles. The molecule has 6 heteroatoms. The number of carbonyl (C=O) groups is 2. The minimum Gasteiger partial charge on any atom is -0.351 e. The van der Waals surface area contributed by atoms with Gasteiger partial charge < -0.3 is 5.73 Å². The molecule has 12 heavy (non-hydrogen) atoms. The molecule has 1 heterocycles. The normalized spacial score (nSPS) is 9.42. The van der Waals surface area contributed by atoms with Gasteiger partial charge in [0.15, 0.2) is 0 Å². The summed E-state index contributed by atoms with van der Waals surface area (Å²) >= 11 is 6.65. The molecular weight excluding hydrogens is 200 g/mol. The van der Waals surface area contributed by atoms with Gasteiger partial charge in [-0.1, -0.05) is 11.6 Å². The molecule has 0 saturated carbocycles. The second-order valence-electron chi connectivity index (χ2n) is 1.92. The smallest absolute Gasteiger partial charge is 0.319 e. The Labute approximate surface area is 77.3 Å². The summed E-state index contributed by atoms with van der Waals surface area (Å²) in [5.74, 6) is -0.528. The van der Waals surface area contributed by atoms with Crippen molar-refractivity contribution in [3.63, 3.8) is 0 Å². The van der Waals surface area contributed by atoms with E-state index in [1.165, 1.54) is 6.07 Å². The van der Waals surface area contributed by atoms with Crippen LogP contribution in [0, 0.1) is 0 Å². The summed E-state index contributed by atoms with van der Waals surface area (Å²) in [6.45, 7) is 0. The molecular formula is C6H5ClN2O2S. The Morgan fingerprint density at radius 3 is 2.58 bits per heavy atom. The number of nitrogens with one attached hydrogen (secondary N) is 1. The van der Waals surface area contributed by atoms with Gasteiger partial charge in [0.25, 0.3) is 5.91 Å². The standard InChI is InChI=1S/C6H5ClN2O2S/c7-4-2-1-3(12-4)5(10)9-6(8)11/h1-2H,(H3,8,9,10,11). The number of hydrogen-bond acceptors (Lipinski definition) is 3. The van der Waals surface area contributed by atoms with Crippen molar-refractivity contribution in [3.05, 3.63) is 21.3 Å². The Kier molecular flexibility index (Phi) is 2.67. The third-order valence-corrected chi connectivity index (χ3v) is 2.26. The first kappa shape index (κ1) is 9.02. The molecule has 64 valence electrons. The second kappa shape index (κ2) is 3.55. The Bertz CT molecular complexity index is 323. The predicted molar refractivity (Wildman–Crippen MR) is 46.4 cm³/mol. The van der Waals surface area contributed by atoms with Crippen LogP contribution in [0.5, 0.6) is 0 Å². The number of primary amides is 1.